The zero-order valence-corrected chi connectivity index (χ0v) is 17.3. The third kappa shape index (κ3) is 4.49. The van der Waals surface area contributed by atoms with Gasteiger partial charge in [-0.1, -0.05) is 0 Å². The summed E-state index contributed by atoms with van der Waals surface area (Å²) < 4.78 is 11.0. The van der Waals surface area contributed by atoms with Crippen molar-refractivity contribution in [3.05, 3.63) is 30.6 Å². The van der Waals surface area contributed by atoms with Gasteiger partial charge in [0.1, 0.15) is 23.6 Å². The summed E-state index contributed by atoms with van der Waals surface area (Å²) in [5.74, 6) is 1.77. The van der Waals surface area contributed by atoms with Crippen LogP contribution in [-0.4, -0.2) is 77.6 Å². The highest BCUT2D eigenvalue weighted by Gasteiger charge is 2.19. The van der Waals surface area contributed by atoms with Gasteiger partial charge in [-0.3, -0.25) is 10.00 Å². The highest BCUT2D eigenvalue weighted by Crippen LogP contribution is 2.30. The quantitative estimate of drug-likeness (QED) is 0.657. The predicted molar refractivity (Wildman–Crippen MR) is 113 cm³/mol. The van der Waals surface area contributed by atoms with Crippen LogP contribution in [0.2, 0.25) is 0 Å². The van der Waals surface area contributed by atoms with Gasteiger partial charge in [0.2, 0.25) is 0 Å². The average molecular weight is 396 g/mol. The van der Waals surface area contributed by atoms with Crippen LogP contribution in [0.1, 0.15) is 13.8 Å². The number of benzene rings is 1. The number of H-pyrrole nitrogens is 1. The van der Waals surface area contributed by atoms with E-state index in [1.807, 2.05) is 38.1 Å². The molecule has 3 aromatic rings. The van der Waals surface area contributed by atoms with Crippen molar-refractivity contribution in [2.45, 2.75) is 20.0 Å². The van der Waals surface area contributed by atoms with Crippen molar-refractivity contribution in [2.75, 3.05) is 51.3 Å². The lowest BCUT2D eigenvalue weighted by Crippen LogP contribution is -2.47. The number of methoxy groups -OCH3 is 1. The Morgan fingerprint density at radius 2 is 1.93 bits per heavy atom. The Hall–Kier alpha value is -2.71. The second-order valence-electron chi connectivity index (χ2n) is 7.53. The van der Waals surface area contributed by atoms with Gasteiger partial charge >= 0.3 is 0 Å². The molecule has 4 rings (SSSR count). The maximum Gasteiger partial charge on any atom is 0.132 e. The van der Waals surface area contributed by atoms with Gasteiger partial charge in [-0.25, -0.2) is 9.97 Å². The smallest absolute Gasteiger partial charge is 0.132 e. The van der Waals surface area contributed by atoms with Crippen molar-refractivity contribution in [3.63, 3.8) is 0 Å². The third-order valence-corrected chi connectivity index (χ3v) is 5.11. The zero-order chi connectivity index (χ0) is 20.2. The second-order valence-corrected chi connectivity index (χ2v) is 7.53. The van der Waals surface area contributed by atoms with Gasteiger partial charge in [0.25, 0.3) is 0 Å². The molecule has 8 heteroatoms. The van der Waals surface area contributed by atoms with E-state index in [0.29, 0.717) is 0 Å². The van der Waals surface area contributed by atoms with Crippen LogP contribution in [-0.2, 0) is 4.74 Å². The van der Waals surface area contributed by atoms with E-state index in [4.69, 9.17) is 9.47 Å². The van der Waals surface area contributed by atoms with E-state index >= 15 is 0 Å². The van der Waals surface area contributed by atoms with Gasteiger partial charge in [0.05, 0.1) is 23.9 Å². The molecule has 0 radical (unpaired) electrons. The average Bonchev–Trinajstić information content (AvgIpc) is 3.15. The van der Waals surface area contributed by atoms with Crippen LogP contribution >= 0.6 is 0 Å². The van der Waals surface area contributed by atoms with E-state index in [9.17, 15) is 0 Å². The molecular formula is C21H28N6O2. The van der Waals surface area contributed by atoms with Crippen LogP contribution in [0, 0.1) is 0 Å². The fourth-order valence-electron chi connectivity index (χ4n) is 3.60. The highest BCUT2D eigenvalue weighted by atomic mass is 16.5. The topological polar surface area (TPSA) is 79.4 Å². The minimum Gasteiger partial charge on any atom is -0.491 e. The molecule has 154 valence electrons. The predicted octanol–water partition coefficient (Wildman–Crippen LogP) is 2.58. The Morgan fingerprint density at radius 1 is 1.10 bits per heavy atom. The van der Waals surface area contributed by atoms with E-state index in [0.717, 1.165) is 73.2 Å². The van der Waals surface area contributed by atoms with Crippen molar-refractivity contribution in [1.82, 2.24) is 25.1 Å². The molecular weight excluding hydrogens is 368 g/mol. The van der Waals surface area contributed by atoms with Crippen LogP contribution in [0.25, 0.3) is 22.3 Å². The fraction of sp³-hybridized carbons (Fsp3) is 0.476. The van der Waals surface area contributed by atoms with Crippen molar-refractivity contribution >= 4 is 16.7 Å². The second kappa shape index (κ2) is 8.75. The van der Waals surface area contributed by atoms with Crippen LogP contribution in [0.15, 0.2) is 30.6 Å². The van der Waals surface area contributed by atoms with Gasteiger partial charge in [-0.05, 0) is 32.0 Å². The monoisotopic (exact) mass is 396 g/mol. The molecule has 0 aliphatic carbocycles. The Labute approximate surface area is 170 Å². The molecule has 1 aliphatic heterocycles. The van der Waals surface area contributed by atoms with Crippen LogP contribution < -0.4 is 9.64 Å². The number of anilines is 1. The molecule has 0 unspecified atom stereocenters. The molecule has 1 saturated heterocycles. The lowest BCUT2D eigenvalue weighted by atomic mass is 10.1. The fourth-order valence-corrected chi connectivity index (χ4v) is 3.60. The number of aromatic amines is 1. The van der Waals surface area contributed by atoms with Crippen molar-refractivity contribution in [2.24, 2.45) is 0 Å². The molecule has 0 amide bonds. The first-order valence-corrected chi connectivity index (χ1v) is 10.1. The standard InChI is InChI=1S/C21H28N6O2/c1-15(2)29-16-4-5-18-17(12-16)21(25-24-18)19-13-20(23-14-22-19)27-8-6-26(7-9-27)10-11-28-3/h4-5,12-15H,6-11H2,1-3H3,(H,24,25). The number of aromatic nitrogens is 4. The first-order chi connectivity index (χ1) is 14.1. The number of fused-ring (bicyclic) bond motifs is 1. The number of rotatable bonds is 7. The molecule has 0 saturated carbocycles. The molecule has 29 heavy (non-hydrogen) atoms. The number of nitrogens with one attached hydrogen (secondary N) is 1. The van der Waals surface area contributed by atoms with E-state index in [2.05, 4.69) is 30.0 Å². The van der Waals surface area contributed by atoms with E-state index in [1.165, 1.54) is 0 Å². The summed E-state index contributed by atoms with van der Waals surface area (Å²) >= 11 is 0. The summed E-state index contributed by atoms with van der Waals surface area (Å²) in [5, 5.41) is 8.60. The highest BCUT2D eigenvalue weighted by molar-refractivity contribution is 5.93. The van der Waals surface area contributed by atoms with E-state index in [-0.39, 0.29) is 6.10 Å². The van der Waals surface area contributed by atoms with Gasteiger partial charge in [0.15, 0.2) is 0 Å². The van der Waals surface area contributed by atoms with Crippen LogP contribution in [0.3, 0.4) is 0 Å². The Bertz CT molecular complexity index is 949. The molecule has 0 atom stereocenters. The van der Waals surface area contributed by atoms with E-state index < -0.39 is 0 Å². The number of ether oxygens (including phenoxy) is 2. The van der Waals surface area contributed by atoms with Crippen molar-refractivity contribution in [3.8, 4) is 17.1 Å². The van der Waals surface area contributed by atoms with Gasteiger partial charge in [0, 0.05) is 51.3 Å². The summed E-state index contributed by atoms with van der Waals surface area (Å²) in [7, 11) is 1.75. The van der Waals surface area contributed by atoms with Gasteiger partial charge < -0.3 is 14.4 Å². The zero-order valence-electron chi connectivity index (χ0n) is 17.3. The number of hydrogen-bond donors (Lipinski definition) is 1. The third-order valence-electron chi connectivity index (χ3n) is 5.11. The maximum absolute atomic E-state index is 5.84. The molecule has 2 aromatic heterocycles. The largest absolute Gasteiger partial charge is 0.491 e. The van der Waals surface area contributed by atoms with Gasteiger partial charge in [-0.2, -0.15) is 5.10 Å². The first-order valence-electron chi connectivity index (χ1n) is 10.1. The summed E-state index contributed by atoms with van der Waals surface area (Å²) in [5.41, 5.74) is 2.59. The summed E-state index contributed by atoms with van der Waals surface area (Å²) in [6.45, 7) is 9.67. The molecule has 1 N–H and O–H groups in total. The Kier molecular flexibility index (Phi) is 5.92. The van der Waals surface area contributed by atoms with Crippen LogP contribution in [0.5, 0.6) is 5.75 Å². The Morgan fingerprint density at radius 3 is 2.69 bits per heavy atom. The number of hydrogen-bond acceptors (Lipinski definition) is 7. The summed E-state index contributed by atoms with van der Waals surface area (Å²) in [6.07, 6.45) is 1.74. The molecule has 1 fully saturated rings. The minimum atomic E-state index is 0.121. The summed E-state index contributed by atoms with van der Waals surface area (Å²) in [6, 6.07) is 7.99. The van der Waals surface area contributed by atoms with Crippen molar-refractivity contribution in [1.29, 1.82) is 0 Å². The lowest BCUT2D eigenvalue weighted by Gasteiger charge is -2.35. The molecule has 1 aliphatic rings. The maximum atomic E-state index is 5.84. The SMILES string of the molecule is COCCN1CCN(c2cc(-c3n[nH]c4ccc(OC(C)C)cc34)ncn2)CC1. The number of nitrogens with zero attached hydrogens (tertiary/aromatic N) is 5. The summed E-state index contributed by atoms with van der Waals surface area (Å²) in [4.78, 5) is 13.7. The van der Waals surface area contributed by atoms with Gasteiger partial charge in [-0.15, -0.1) is 0 Å². The first kappa shape index (κ1) is 19.6. The molecule has 3 heterocycles. The molecule has 0 bridgehead atoms. The molecule has 0 spiro atoms. The van der Waals surface area contributed by atoms with E-state index in [1.54, 1.807) is 13.4 Å². The molecule has 8 nitrogen and oxygen atoms in total. The normalized spacial score (nSPS) is 15.4. The minimum absolute atomic E-state index is 0.121. The van der Waals surface area contributed by atoms with Crippen LogP contribution in [0.4, 0.5) is 5.82 Å². The van der Waals surface area contributed by atoms with Crippen molar-refractivity contribution < 1.29 is 9.47 Å². The molecule has 1 aromatic carbocycles. The number of piperazine rings is 1. The Balaban J connectivity index is 1.55. The lowest BCUT2D eigenvalue weighted by molar-refractivity contribution is 0.144.